The van der Waals surface area contributed by atoms with Crippen molar-refractivity contribution in [2.24, 2.45) is 0 Å². The van der Waals surface area contributed by atoms with Crippen LogP contribution in [0.15, 0.2) is 36.7 Å². The summed E-state index contributed by atoms with van der Waals surface area (Å²) in [4.78, 5) is 8.23. The highest BCUT2D eigenvalue weighted by atomic mass is 14.7. The van der Waals surface area contributed by atoms with Gasteiger partial charge in [-0.1, -0.05) is 19.1 Å². The Balaban J connectivity index is 0.000000171. The van der Waals surface area contributed by atoms with Crippen LogP contribution in [0, 0.1) is 20.8 Å². The van der Waals surface area contributed by atoms with E-state index in [-0.39, 0.29) is 0 Å². The van der Waals surface area contributed by atoms with E-state index >= 15 is 0 Å². The predicted molar refractivity (Wildman–Crippen MR) is 72.1 cm³/mol. The van der Waals surface area contributed by atoms with Gasteiger partial charge in [0.15, 0.2) is 0 Å². The molecule has 2 aromatic rings. The zero-order valence-electron chi connectivity index (χ0n) is 11.1. The lowest BCUT2D eigenvalue weighted by Crippen LogP contribution is -1.87. The van der Waals surface area contributed by atoms with E-state index < -0.39 is 0 Å². The largest absolute Gasteiger partial charge is 0.261 e. The first-order valence-electron chi connectivity index (χ1n) is 5.93. The van der Waals surface area contributed by atoms with E-state index in [0.717, 1.165) is 17.8 Å². The summed E-state index contributed by atoms with van der Waals surface area (Å²) in [6, 6.07) is 8.10. The van der Waals surface area contributed by atoms with Gasteiger partial charge >= 0.3 is 0 Å². The van der Waals surface area contributed by atoms with Gasteiger partial charge in [-0.25, -0.2) is 0 Å². The first-order valence-corrected chi connectivity index (χ1v) is 5.93. The summed E-state index contributed by atoms with van der Waals surface area (Å²) in [5.74, 6) is 0. The second-order valence-corrected chi connectivity index (χ2v) is 4.01. The SMILES string of the molecule is CCc1cccnc1C.Cc1cccnc1C. The van der Waals surface area contributed by atoms with Crippen LogP contribution < -0.4 is 0 Å². The van der Waals surface area contributed by atoms with E-state index in [4.69, 9.17) is 0 Å². The maximum atomic E-state index is 4.15. The van der Waals surface area contributed by atoms with Crippen molar-refractivity contribution < 1.29 is 0 Å². The Morgan fingerprint density at radius 2 is 1.47 bits per heavy atom. The summed E-state index contributed by atoms with van der Waals surface area (Å²) in [7, 11) is 0. The van der Waals surface area contributed by atoms with Crippen molar-refractivity contribution >= 4 is 0 Å². The Bertz CT molecular complexity index is 443. The monoisotopic (exact) mass is 228 g/mol. The van der Waals surface area contributed by atoms with Crippen molar-refractivity contribution in [3.63, 3.8) is 0 Å². The van der Waals surface area contributed by atoms with Crippen molar-refractivity contribution in [3.05, 3.63) is 59.2 Å². The Hall–Kier alpha value is -1.70. The van der Waals surface area contributed by atoms with E-state index in [1.165, 1.54) is 11.1 Å². The van der Waals surface area contributed by atoms with Gasteiger partial charge < -0.3 is 0 Å². The summed E-state index contributed by atoms with van der Waals surface area (Å²) in [6.07, 6.45) is 4.72. The van der Waals surface area contributed by atoms with E-state index in [9.17, 15) is 0 Å². The van der Waals surface area contributed by atoms with Crippen molar-refractivity contribution in [3.8, 4) is 0 Å². The van der Waals surface area contributed by atoms with Crippen molar-refractivity contribution in [2.45, 2.75) is 34.1 Å². The second-order valence-electron chi connectivity index (χ2n) is 4.01. The molecule has 0 aliphatic heterocycles. The smallest absolute Gasteiger partial charge is 0.0404 e. The van der Waals surface area contributed by atoms with Crippen LogP contribution in [0.1, 0.15) is 29.4 Å². The zero-order chi connectivity index (χ0) is 12.7. The molecule has 0 amide bonds. The summed E-state index contributed by atoms with van der Waals surface area (Å²) < 4.78 is 0. The molecular formula is C15H20N2. The number of aromatic nitrogens is 2. The third kappa shape index (κ3) is 4.35. The summed E-state index contributed by atoms with van der Waals surface area (Å²) in [5.41, 5.74) is 4.87. The highest BCUT2D eigenvalue weighted by Gasteiger charge is 1.91. The molecule has 2 heteroatoms. The maximum absolute atomic E-state index is 4.15. The first kappa shape index (κ1) is 13.4. The molecule has 0 aliphatic rings. The zero-order valence-corrected chi connectivity index (χ0v) is 11.1. The fourth-order valence-electron chi connectivity index (χ4n) is 1.46. The Kier molecular flexibility index (Phi) is 5.34. The molecule has 90 valence electrons. The Labute approximate surface area is 104 Å². The summed E-state index contributed by atoms with van der Waals surface area (Å²) in [6.45, 7) is 8.25. The van der Waals surface area contributed by atoms with Crippen LogP contribution in [0.25, 0.3) is 0 Å². The minimum Gasteiger partial charge on any atom is -0.261 e. The van der Waals surface area contributed by atoms with Crippen LogP contribution in [0.5, 0.6) is 0 Å². The van der Waals surface area contributed by atoms with Crippen LogP contribution in [0.3, 0.4) is 0 Å². The minimum absolute atomic E-state index is 1.08. The molecule has 2 nitrogen and oxygen atoms in total. The average Bonchev–Trinajstić information content (AvgIpc) is 2.34. The Morgan fingerprint density at radius 3 is 1.82 bits per heavy atom. The molecule has 2 aromatic heterocycles. The molecule has 0 spiro atoms. The van der Waals surface area contributed by atoms with Gasteiger partial charge in [-0.15, -0.1) is 0 Å². The van der Waals surface area contributed by atoms with E-state index in [1.807, 2.05) is 38.4 Å². The van der Waals surface area contributed by atoms with Crippen molar-refractivity contribution in [1.29, 1.82) is 0 Å². The standard InChI is InChI=1S/C8H11N.C7H9N/c1-3-8-5-4-6-9-7(8)2;1-6-4-3-5-8-7(6)2/h4-6H,3H2,1-2H3;3-5H,1-2H3. The lowest BCUT2D eigenvalue weighted by atomic mass is 10.2. The van der Waals surface area contributed by atoms with E-state index in [1.54, 1.807) is 0 Å². The topological polar surface area (TPSA) is 25.8 Å². The van der Waals surface area contributed by atoms with Gasteiger partial charge in [0.05, 0.1) is 0 Å². The molecule has 0 unspecified atom stereocenters. The lowest BCUT2D eigenvalue weighted by molar-refractivity contribution is 1.05. The van der Waals surface area contributed by atoms with Crippen molar-refractivity contribution in [2.75, 3.05) is 0 Å². The molecule has 0 fully saturated rings. The summed E-state index contributed by atoms with van der Waals surface area (Å²) in [5, 5.41) is 0. The molecule has 0 saturated heterocycles. The van der Waals surface area contributed by atoms with Gasteiger partial charge in [0, 0.05) is 23.8 Å². The van der Waals surface area contributed by atoms with E-state index in [2.05, 4.69) is 35.9 Å². The molecule has 2 rings (SSSR count). The molecule has 0 N–H and O–H groups in total. The van der Waals surface area contributed by atoms with Gasteiger partial charge in [-0.05, 0) is 50.5 Å². The fraction of sp³-hybridized carbons (Fsp3) is 0.333. The first-order chi connectivity index (χ1) is 8.15. The number of rotatable bonds is 1. The van der Waals surface area contributed by atoms with Crippen LogP contribution in [-0.4, -0.2) is 9.97 Å². The van der Waals surface area contributed by atoms with Gasteiger partial charge in [0.1, 0.15) is 0 Å². The predicted octanol–water partition coefficient (Wildman–Crippen LogP) is 3.65. The second kappa shape index (κ2) is 6.79. The third-order valence-corrected chi connectivity index (χ3v) is 2.77. The molecule has 0 aliphatic carbocycles. The van der Waals surface area contributed by atoms with Gasteiger partial charge in [0.2, 0.25) is 0 Å². The molecule has 0 atom stereocenters. The number of hydrogen-bond donors (Lipinski definition) is 0. The molecule has 0 radical (unpaired) electrons. The van der Waals surface area contributed by atoms with Crippen LogP contribution in [-0.2, 0) is 6.42 Å². The third-order valence-electron chi connectivity index (χ3n) is 2.77. The van der Waals surface area contributed by atoms with Gasteiger partial charge in [0.25, 0.3) is 0 Å². The number of hydrogen-bond acceptors (Lipinski definition) is 2. The molecule has 0 saturated carbocycles. The van der Waals surface area contributed by atoms with Gasteiger partial charge in [-0.3, -0.25) is 9.97 Å². The highest BCUT2D eigenvalue weighted by molar-refractivity contribution is 5.17. The van der Waals surface area contributed by atoms with E-state index in [0.29, 0.717) is 0 Å². The molecular weight excluding hydrogens is 208 g/mol. The Morgan fingerprint density at radius 1 is 0.882 bits per heavy atom. The highest BCUT2D eigenvalue weighted by Crippen LogP contribution is 2.02. The molecule has 0 aromatic carbocycles. The average molecular weight is 228 g/mol. The fourth-order valence-corrected chi connectivity index (χ4v) is 1.46. The summed E-state index contributed by atoms with van der Waals surface area (Å²) >= 11 is 0. The quantitative estimate of drug-likeness (QED) is 0.744. The van der Waals surface area contributed by atoms with Crippen molar-refractivity contribution in [1.82, 2.24) is 9.97 Å². The molecule has 17 heavy (non-hydrogen) atoms. The molecule has 2 heterocycles. The normalized spacial score (nSPS) is 9.41. The number of nitrogens with zero attached hydrogens (tertiary/aromatic N) is 2. The number of aryl methyl sites for hydroxylation is 4. The van der Waals surface area contributed by atoms with Gasteiger partial charge in [-0.2, -0.15) is 0 Å². The van der Waals surface area contributed by atoms with Crippen LogP contribution >= 0.6 is 0 Å². The van der Waals surface area contributed by atoms with Crippen LogP contribution in [0.4, 0.5) is 0 Å². The number of pyridine rings is 2. The maximum Gasteiger partial charge on any atom is 0.0404 e. The molecule has 0 bridgehead atoms. The minimum atomic E-state index is 1.08. The lowest BCUT2D eigenvalue weighted by Gasteiger charge is -1.97. The van der Waals surface area contributed by atoms with Crippen LogP contribution in [0.2, 0.25) is 0 Å².